The quantitative estimate of drug-likeness (QED) is 0.114. The maximum Gasteiger partial charge on any atom is 0.405 e. The van der Waals surface area contributed by atoms with Crippen LogP contribution in [0.3, 0.4) is 0 Å². The van der Waals surface area contributed by atoms with E-state index in [1.165, 1.54) is 11.3 Å². The van der Waals surface area contributed by atoms with E-state index in [4.69, 9.17) is 18.9 Å². The molecule has 5 heterocycles. The second-order valence-corrected chi connectivity index (χ2v) is 11.3. The summed E-state index contributed by atoms with van der Waals surface area (Å²) in [7, 11) is 4.31. The molecule has 0 atom stereocenters. The fraction of sp³-hybridized carbons (Fsp3) is 0.346. The highest BCUT2D eigenvalue weighted by atomic mass is 32.1. The smallest absolute Gasteiger partial charge is 0.405 e. The average Bonchev–Trinajstić information content (AvgIpc) is 3.67. The zero-order valence-corrected chi connectivity index (χ0v) is 24.1. The monoisotopic (exact) mass is 613 g/mol. The number of aliphatic hydroxyl groups is 5. The lowest BCUT2D eigenvalue weighted by Gasteiger charge is -2.52. The van der Waals surface area contributed by atoms with Gasteiger partial charge in [-0.3, -0.25) is 14.4 Å². The Morgan fingerprint density at radius 2 is 1.95 bits per heavy atom. The molecule has 17 heteroatoms. The van der Waals surface area contributed by atoms with E-state index >= 15 is 0 Å². The first-order valence-corrected chi connectivity index (χ1v) is 13.9. The number of hydrogen-bond donors (Lipinski definition) is 5. The van der Waals surface area contributed by atoms with Gasteiger partial charge < -0.3 is 44.5 Å². The first-order chi connectivity index (χ1) is 20.3. The van der Waals surface area contributed by atoms with Crippen molar-refractivity contribution in [1.82, 2.24) is 24.5 Å². The van der Waals surface area contributed by atoms with Crippen LogP contribution in [-0.4, -0.2) is 108 Å². The molecule has 6 rings (SSSR count). The van der Waals surface area contributed by atoms with Gasteiger partial charge in [-0.1, -0.05) is 0 Å². The van der Waals surface area contributed by atoms with Crippen LogP contribution in [0.1, 0.15) is 16.1 Å². The van der Waals surface area contributed by atoms with Crippen molar-refractivity contribution in [3.63, 3.8) is 0 Å². The number of thiophene rings is 1. The van der Waals surface area contributed by atoms with Crippen LogP contribution < -0.4 is 9.47 Å². The predicted octanol–water partition coefficient (Wildman–Crippen LogP) is -1.05. The largest absolute Gasteiger partial charge is 0.496 e. The molecule has 1 saturated heterocycles. The summed E-state index contributed by atoms with van der Waals surface area (Å²) in [6.45, 7) is -1.32. The minimum atomic E-state index is -3.53. The summed E-state index contributed by atoms with van der Waals surface area (Å²) < 4.78 is 24.9. The number of benzene rings is 1. The van der Waals surface area contributed by atoms with Gasteiger partial charge in [-0.2, -0.15) is 21.5 Å². The van der Waals surface area contributed by atoms with Crippen molar-refractivity contribution >= 4 is 25.1 Å². The molecule has 43 heavy (non-hydrogen) atoms. The number of carbonyl (C=O) groups excluding carboxylic acids is 1. The van der Waals surface area contributed by atoms with Crippen molar-refractivity contribution in [3.8, 4) is 39.7 Å². The molecule has 0 unspecified atom stereocenters. The summed E-state index contributed by atoms with van der Waals surface area (Å²) in [5.74, 6) is -2.69. The Labute approximate surface area is 249 Å². The molecule has 15 nitrogen and oxygen atoms in total. The van der Waals surface area contributed by atoms with Crippen LogP contribution >= 0.6 is 11.3 Å². The normalized spacial score (nSPS) is 15.7. The Kier molecular flexibility index (Phi) is 7.10. The second kappa shape index (κ2) is 10.4. The highest BCUT2D eigenvalue weighted by Gasteiger charge is 2.55. The van der Waals surface area contributed by atoms with Gasteiger partial charge >= 0.3 is 6.16 Å². The summed E-state index contributed by atoms with van der Waals surface area (Å²) in [6.07, 6.45) is -1.72. The van der Waals surface area contributed by atoms with Gasteiger partial charge in [-0.15, -0.1) is 0 Å². The molecule has 1 amide bonds. The third-order valence-corrected chi connectivity index (χ3v) is 7.90. The number of aryl methyl sites for hydroxylation is 1. The van der Waals surface area contributed by atoms with Gasteiger partial charge in [-0.25, -0.2) is 4.68 Å². The molecule has 1 fully saturated rings. The molecule has 2 aliphatic heterocycles. The van der Waals surface area contributed by atoms with Crippen molar-refractivity contribution in [2.45, 2.75) is 24.1 Å². The molecule has 0 aliphatic carbocycles. The lowest BCUT2D eigenvalue weighted by atomic mass is 9.88. The van der Waals surface area contributed by atoms with E-state index in [9.17, 15) is 30.3 Å². The average molecular weight is 613 g/mol. The lowest BCUT2D eigenvalue weighted by molar-refractivity contribution is -0.463. The molecule has 226 valence electrons. The van der Waals surface area contributed by atoms with Gasteiger partial charge in [0.2, 0.25) is 7.85 Å². The van der Waals surface area contributed by atoms with E-state index in [-0.39, 0.29) is 25.5 Å². The number of fused-ring (bicyclic) bond motifs is 3. The first-order valence-electron chi connectivity index (χ1n) is 13.0. The maximum absolute atomic E-state index is 14.3. The number of aromatic nitrogens is 4. The van der Waals surface area contributed by atoms with E-state index in [0.717, 1.165) is 7.85 Å². The zero-order valence-electron chi connectivity index (χ0n) is 23.3. The highest BCUT2D eigenvalue weighted by Crippen LogP contribution is 2.46. The second-order valence-electron chi connectivity index (χ2n) is 10.5. The number of carbonyl (C=O) groups is 1. The zero-order chi connectivity index (χ0) is 30.7. The van der Waals surface area contributed by atoms with E-state index in [1.807, 2.05) is 29.0 Å². The van der Waals surface area contributed by atoms with E-state index in [0.29, 0.717) is 50.2 Å². The van der Waals surface area contributed by atoms with Gasteiger partial charge in [0.25, 0.3) is 5.91 Å². The van der Waals surface area contributed by atoms with Crippen molar-refractivity contribution in [2.75, 3.05) is 26.9 Å². The van der Waals surface area contributed by atoms with E-state index in [2.05, 4.69) is 10.2 Å². The molecule has 3 aromatic heterocycles. The van der Waals surface area contributed by atoms with Crippen LogP contribution in [0.5, 0.6) is 11.5 Å². The SMILES string of the molecule is BC(O)(O)N(C(=O)c1nn(-c2ccsc2)c2c1COc1cc(OC)c(-c3ccn(C)n3)cc1-2)C1(COC(O)(O)O)COC1. The van der Waals surface area contributed by atoms with Crippen molar-refractivity contribution in [3.05, 3.63) is 52.5 Å². The Hall–Kier alpha value is -3.81. The minimum absolute atomic E-state index is 0.0892. The van der Waals surface area contributed by atoms with Crippen LogP contribution in [-0.2, 0) is 23.1 Å². The molecule has 0 radical (unpaired) electrons. The van der Waals surface area contributed by atoms with Crippen LogP contribution in [0, 0.1) is 0 Å². The first kappa shape index (κ1) is 29.3. The lowest BCUT2D eigenvalue weighted by Crippen LogP contribution is -2.73. The molecule has 0 saturated carbocycles. The summed E-state index contributed by atoms with van der Waals surface area (Å²) >= 11 is 1.43. The van der Waals surface area contributed by atoms with Crippen molar-refractivity contribution in [2.24, 2.45) is 7.05 Å². The van der Waals surface area contributed by atoms with Crippen molar-refractivity contribution < 1.29 is 49.3 Å². The predicted molar refractivity (Wildman–Crippen MR) is 151 cm³/mol. The number of nitrogens with zero attached hydrogens (tertiary/aromatic N) is 5. The number of hydrogen-bond acceptors (Lipinski definition) is 13. The van der Waals surface area contributed by atoms with Crippen LogP contribution in [0.4, 0.5) is 0 Å². The number of amides is 1. The molecular formula is C26H28BN5O10S. The Bertz CT molecular complexity index is 1670. The fourth-order valence-electron chi connectivity index (χ4n) is 5.35. The molecule has 0 bridgehead atoms. The standard InChI is InChI=1S/C26H28BN5O10S/c1-30-5-3-18(28-30)15-7-16-20(8-19(15)39-2)41-9-17-21(29-31(22(16)17)14-4-6-43-10-14)23(33)32(25(27,34)35)24(11-40-12-24)13-42-26(36,37)38/h3-8,10,34-38H,9,11-13,27H2,1-2H3. The Morgan fingerprint density at radius 3 is 2.51 bits per heavy atom. The third-order valence-electron chi connectivity index (χ3n) is 7.23. The topological polar surface area (TPSA) is 194 Å². The Morgan fingerprint density at radius 1 is 1.19 bits per heavy atom. The summed E-state index contributed by atoms with van der Waals surface area (Å²) in [5, 5.41) is 62.4. The number of rotatable bonds is 9. The number of methoxy groups -OCH3 is 1. The molecule has 4 aromatic rings. The van der Waals surface area contributed by atoms with E-state index < -0.39 is 30.0 Å². The van der Waals surface area contributed by atoms with Gasteiger partial charge in [0.15, 0.2) is 11.5 Å². The summed E-state index contributed by atoms with van der Waals surface area (Å²) in [4.78, 5) is 15.0. The molecule has 5 N–H and O–H groups in total. The molecule has 2 aliphatic rings. The van der Waals surface area contributed by atoms with Crippen LogP contribution in [0.15, 0.2) is 41.2 Å². The van der Waals surface area contributed by atoms with Gasteiger partial charge in [0, 0.05) is 41.4 Å². The minimum Gasteiger partial charge on any atom is -0.496 e. The Balaban J connectivity index is 1.52. The van der Waals surface area contributed by atoms with E-state index in [1.54, 1.807) is 35.8 Å². The highest BCUT2D eigenvalue weighted by molar-refractivity contribution is 7.08. The van der Waals surface area contributed by atoms with Crippen molar-refractivity contribution in [1.29, 1.82) is 0 Å². The molecular weight excluding hydrogens is 585 g/mol. The van der Waals surface area contributed by atoms with Gasteiger partial charge in [0.05, 0.1) is 44.0 Å². The van der Waals surface area contributed by atoms with Gasteiger partial charge in [-0.05, 0) is 23.6 Å². The fourth-order valence-corrected chi connectivity index (χ4v) is 5.97. The number of ether oxygens (including phenoxy) is 4. The summed E-state index contributed by atoms with van der Waals surface area (Å²) in [5.41, 5.74) is 1.73. The van der Waals surface area contributed by atoms with Crippen LogP contribution in [0.25, 0.3) is 28.2 Å². The van der Waals surface area contributed by atoms with Crippen LogP contribution in [0.2, 0.25) is 0 Å². The maximum atomic E-state index is 14.3. The summed E-state index contributed by atoms with van der Waals surface area (Å²) in [6, 6.07) is 7.24. The molecule has 1 aromatic carbocycles. The third kappa shape index (κ3) is 5.19. The van der Waals surface area contributed by atoms with Gasteiger partial charge in [0.1, 0.15) is 23.6 Å². The molecule has 0 spiro atoms.